The first kappa shape index (κ1) is 15.7. The van der Waals surface area contributed by atoms with Crippen molar-refractivity contribution in [3.05, 3.63) is 23.4 Å². The van der Waals surface area contributed by atoms with E-state index in [1.54, 1.807) is 0 Å². The molecule has 2 N–H and O–H groups in total. The van der Waals surface area contributed by atoms with Crippen molar-refractivity contribution in [3.8, 4) is 0 Å². The summed E-state index contributed by atoms with van der Waals surface area (Å²) in [6, 6.07) is 4.10. The van der Waals surface area contributed by atoms with Crippen molar-refractivity contribution < 1.29 is 17.7 Å². The van der Waals surface area contributed by atoms with Crippen LogP contribution >= 0.6 is 11.6 Å². The average Bonchev–Trinajstić information content (AvgIpc) is 2.77. The highest BCUT2D eigenvalue weighted by Gasteiger charge is 2.18. The maximum Gasteiger partial charge on any atom is 0.257 e. The zero-order chi connectivity index (χ0) is 15.6. The van der Waals surface area contributed by atoms with Crippen LogP contribution in [0.2, 0.25) is 5.15 Å². The van der Waals surface area contributed by atoms with Gasteiger partial charge in [-0.1, -0.05) is 30.6 Å². The number of carbonyl (C=O) groups is 1. The van der Waals surface area contributed by atoms with Gasteiger partial charge in [0.25, 0.3) is 10.0 Å². The van der Waals surface area contributed by atoms with Gasteiger partial charge in [-0.05, 0) is 24.1 Å². The summed E-state index contributed by atoms with van der Waals surface area (Å²) >= 11 is 5.79. The number of fused-ring (bicyclic) bond motifs is 1. The molecule has 7 nitrogen and oxygen atoms in total. The molecule has 0 fully saturated rings. The Balaban J connectivity index is 2.17. The number of rotatable bonds is 5. The zero-order valence-electron chi connectivity index (χ0n) is 11.4. The SMILES string of the molecule is CC(C)CC(=O)NNS(=O)(=O)c1ccc2onc(Cl)c2c1. The van der Waals surface area contributed by atoms with Crippen molar-refractivity contribution >= 4 is 38.5 Å². The highest BCUT2D eigenvalue weighted by molar-refractivity contribution is 7.89. The number of hydrazine groups is 1. The Kier molecular flexibility index (Phi) is 4.50. The summed E-state index contributed by atoms with van der Waals surface area (Å²) in [5.41, 5.74) is 2.54. The summed E-state index contributed by atoms with van der Waals surface area (Å²) in [4.78, 5) is 13.5. The minimum Gasteiger partial charge on any atom is -0.355 e. The Morgan fingerprint density at radius 2 is 2.14 bits per heavy atom. The number of benzene rings is 1. The fourth-order valence-corrected chi connectivity index (χ4v) is 2.73. The second-order valence-corrected chi connectivity index (χ2v) is 6.92. The molecule has 0 aliphatic rings. The van der Waals surface area contributed by atoms with Crippen LogP contribution in [0, 0.1) is 5.92 Å². The van der Waals surface area contributed by atoms with Gasteiger partial charge in [-0.3, -0.25) is 10.2 Å². The van der Waals surface area contributed by atoms with Crippen LogP contribution in [0.3, 0.4) is 0 Å². The Labute approximate surface area is 126 Å². The highest BCUT2D eigenvalue weighted by atomic mass is 35.5. The third kappa shape index (κ3) is 3.72. The summed E-state index contributed by atoms with van der Waals surface area (Å²) in [6.07, 6.45) is 0.221. The van der Waals surface area contributed by atoms with Crippen LogP contribution in [0.15, 0.2) is 27.6 Å². The van der Waals surface area contributed by atoms with Crippen molar-refractivity contribution in [2.45, 2.75) is 25.2 Å². The minimum absolute atomic E-state index is 0.0510. The molecule has 1 aromatic carbocycles. The van der Waals surface area contributed by atoms with Crippen molar-refractivity contribution in [2.24, 2.45) is 5.92 Å². The molecule has 1 heterocycles. The van der Waals surface area contributed by atoms with E-state index in [2.05, 4.69) is 10.6 Å². The van der Waals surface area contributed by atoms with Gasteiger partial charge >= 0.3 is 0 Å². The summed E-state index contributed by atoms with van der Waals surface area (Å²) in [5.74, 6) is -0.278. The molecule has 114 valence electrons. The van der Waals surface area contributed by atoms with Crippen LogP contribution in [0.25, 0.3) is 11.0 Å². The number of sulfonamides is 1. The maximum absolute atomic E-state index is 12.1. The Morgan fingerprint density at radius 1 is 1.43 bits per heavy atom. The van der Waals surface area contributed by atoms with Gasteiger partial charge < -0.3 is 4.52 Å². The van der Waals surface area contributed by atoms with Crippen LogP contribution < -0.4 is 10.3 Å². The third-order valence-corrected chi connectivity index (χ3v) is 4.14. The largest absolute Gasteiger partial charge is 0.355 e. The molecule has 0 bridgehead atoms. The first-order valence-electron chi connectivity index (χ1n) is 6.15. The summed E-state index contributed by atoms with van der Waals surface area (Å²) in [5, 5.41) is 3.99. The smallest absolute Gasteiger partial charge is 0.257 e. The molecule has 9 heteroatoms. The summed E-state index contributed by atoms with van der Waals surface area (Å²) in [7, 11) is -3.89. The Bertz CT molecular complexity index is 770. The molecule has 0 aliphatic heterocycles. The molecule has 0 spiro atoms. The minimum atomic E-state index is -3.89. The lowest BCUT2D eigenvalue weighted by Crippen LogP contribution is -2.41. The molecule has 21 heavy (non-hydrogen) atoms. The van der Waals surface area contributed by atoms with E-state index in [0.29, 0.717) is 11.0 Å². The van der Waals surface area contributed by atoms with E-state index in [-0.39, 0.29) is 22.4 Å². The predicted octanol–water partition coefficient (Wildman–Crippen LogP) is 1.84. The van der Waals surface area contributed by atoms with Crippen LogP contribution in [-0.4, -0.2) is 19.5 Å². The number of nitrogens with one attached hydrogen (secondary N) is 2. The molecule has 0 saturated heterocycles. The number of amides is 1. The Hall–Kier alpha value is -1.64. The van der Waals surface area contributed by atoms with Crippen LogP contribution in [0.5, 0.6) is 0 Å². The highest BCUT2D eigenvalue weighted by Crippen LogP contribution is 2.25. The van der Waals surface area contributed by atoms with Gasteiger partial charge in [0.2, 0.25) is 5.91 Å². The van der Waals surface area contributed by atoms with E-state index in [4.69, 9.17) is 16.1 Å². The van der Waals surface area contributed by atoms with Crippen LogP contribution in [-0.2, 0) is 14.8 Å². The topological polar surface area (TPSA) is 101 Å². The fourth-order valence-electron chi connectivity index (χ4n) is 1.66. The standard InChI is InChI=1S/C12H14ClN3O4S/c1-7(2)5-11(17)14-16-21(18,19)8-3-4-10-9(6-8)12(13)15-20-10/h3-4,6-7,16H,5H2,1-2H3,(H,14,17). The van der Waals surface area contributed by atoms with Gasteiger partial charge in [0.05, 0.1) is 10.3 Å². The van der Waals surface area contributed by atoms with Crippen molar-refractivity contribution in [1.29, 1.82) is 0 Å². The second-order valence-electron chi connectivity index (χ2n) is 4.88. The van der Waals surface area contributed by atoms with E-state index >= 15 is 0 Å². The number of nitrogens with zero attached hydrogens (tertiary/aromatic N) is 1. The van der Waals surface area contributed by atoms with Crippen molar-refractivity contribution in [2.75, 3.05) is 0 Å². The van der Waals surface area contributed by atoms with Gasteiger partial charge in [-0.25, -0.2) is 8.42 Å². The van der Waals surface area contributed by atoms with E-state index in [1.165, 1.54) is 18.2 Å². The zero-order valence-corrected chi connectivity index (χ0v) is 13.0. The molecular weight excluding hydrogens is 318 g/mol. The third-order valence-electron chi connectivity index (χ3n) is 2.63. The first-order valence-corrected chi connectivity index (χ1v) is 8.01. The molecule has 0 unspecified atom stereocenters. The number of halogens is 1. The number of hydrogen-bond donors (Lipinski definition) is 2. The Morgan fingerprint density at radius 3 is 2.81 bits per heavy atom. The first-order chi connectivity index (χ1) is 9.79. The average molecular weight is 332 g/mol. The molecule has 0 radical (unpaired) electrons. The van der Waals surface area contributed by atoms with E-state index in [1.807, 2.05) is 18.7 Å². The number of aromatic nitrogens is 1. The lowest BCUT2D eigenvalue weighted by molar-refractivity contribution is -0.122. The van der Waals surface area contributed by atoms with Gasteiger partial charge in [0.15, 0.2) is 10.7 Å². The summed E-state index contributed by atoms with van der Waals surface area (Å²) in [6.45, 7) is 3.71. The van der Waals surface area contributed by atoms with Gasteiger partial charge in [-0.2, -0.15) is 0 Å². The van der Waals surface area contributed by atoms with E-state index in [0.717, 1.165) is 0 Å². The van der Waals surface area contributed by atoms with Crippen molar-refractivity contribution in [3.63, 3.8) is 0 Å². The molecule has 1 amide bonds. The van der Waals surface area contributed by atoms with E-state index < -0.39 is 15.9 Å². The number of carbonyl (C=O) groups excluding carboxylic acids is 1. The monoisotopic (exact) mass is 331 g/mol. The molecular formula is C12H14ClN3O4S. The molecule has 0 atom stereocenters. The molecule has 2 aromatic rings. The predicted molar refractivity (Wildman–Crippen MR) is 76.9 cm³/mol. The molecule has 2 rings (SSSR count). The summed E-state index contributed by atoms with van der Waals surface area (Å²) < 4.78 is 29.1. The lowest BCUT2D eigenvalue weighted by Gasteiger charge is -2.09. The number of hydrogen-bond acceptors (Lipinski definition) is 5. The van der Waals surface area contributed by atoms with Gasteiger partial charge in [0.1, 0.15) is 0 Å². The second kappa shape index (κ2) is 6.00. The van der Waals surface area contributed by atoms with E-state index in [9.17, 15) is 13.2 Å². The molecule has 0 saturated carbocycles. The normalized spacial score (nSPS) is 12.0. The fraction of sp³-hybridized carbons (Fsp3) is 0.333. The van der Waals surface area contributed by atoms with Gasteiger partial charge in [-0.15, -0.1) is 4.83 Å². The van der Waals surface area contributed by atoms with Crippen LogP contribution in [0.4, 0.5) is 0 Å². The molecule has 0 aliphatic carbocycles. The van der Waals surface area contributed by atoms with Crippen LogP contribution in [0.1, 0.15) is 20.3 Å². The quantitative estimate of drug-likeness (QED) is 0.814. The van der Waals surface area contributed by atoms with Gasteiger partial charge in [0, 0.05) is 6.42 Å². The lowest BCUT2D eigenvalue weighted by atomic mass is 10.1. The maximum atomic E-state index is 12.1. The van der Waals surface area contributed by atoms with Crippen molar-refractivity contribution in [1.82, 2.24) is 15.4 Å². The molecule has 1 aromatic heterocycles.